The van der Waals surface area contributed by atoms with Crippen molar-refractivity contribution in [2.24, 2.45) is 11.8 Å². The number of benzene rings is 2. The molecule has 0 aromatic heterocycles. The predicted molar refractivity (Wildman–Crippen MR) is 129 cm³/mol. The van der Waals surface area contributed by atoms with Crippen molar-refractivity contribution in [2.45, 2.75) is 36.9 Å². The van der Waals surface area contributed by atoms with Crippen LogP contribution in [-0.4, -0.2) is 96.4 Å². The van der Waals surface area contributed by atoms with Crippen LogP contribution in [0.1, 0.15) is 22.6 Å². The number of phenolic OH excluding ortho intramolecular Hbond substituents is 2. The van der Waals surface area contributed by atoms with Crippen molar-refractivity contribution in [1.82, 2.24) is 0 Å². The molecule has 0 spiro atoms. The molecular formula is C26H34O11. The molecule has 4 rings (SSSR count). The van der Waals surface area contributed by atoms with Gasteiger partial charge in [0, 0.05) is 18.1 Å². The van der Waals surface area contributed by atoms with Crippen LogP contribution in [0.5, 0.6) is 28.7 Å². The number of rotatable bonds is 8. The molecule has 2 aromatic carbocycles. The lowest BCUT2D eigenvalue weighted by atomic mass is 9.66. The van der Waals surface area contributed by atoms with E-state index in [-0.39, 0.29) is 54.5 Å². The number of ether oxygens (including phenoxy) is 5. The van der Waals surface area contributed by atoms with Crippen LogP contribution < -0.4 is 14.2 Å². The van der Waals surface area contributed by atoms with Gasteiger partial charge < -0.3 is 54.3 Å². The minimum absolute atomic E-state index is 0.0149. The monoisotopic (exact) mass is 522 g/mol. The van der Waals surface area contributed by atoms with Crippen LogP contribution in [0.15, 0.2) is 24.3 Å². The number of hydrogen-bond acceptors (Lipinski definition) is 11. The molecule has 1 aliphatic carbocycles. The molecule has 0 bridgehead atoms. The highest BCUT2D eigenvalue weighted by Crippen LogP contribution is 2.53. The normalized spacial score (nSPS) is 29.4. The number of hydrogen-bond donors (Lipinski definition) is 6. The molecule has 1 fully saturated rings. The first kappa shape index (κ1) is 27.2. The first-order valence-electron chi connectivity index (χ1n) is 12.0. The van der Waals surface area contributed by atoms with Crippen molar-refractivity contribution in [3.63, 3.8) is 0 Å². The van der Waals surface area contributed by atoms with Crippen molar-refractivity contribution in [3.05, 3.63) is 41.0 Å². The molecule has 11 nitrogen and oxygen atoms in total. The Labute approximate surface area is 214 Å². The van der Waals surface area contributed by atoms with E-state index in [1.807, 2.05) is 0 Å². The van der Waals surface area contributed by atoms with E-state index in [1.165, 1.54) is 27.4 Å². The molecule has 0 radical (unpaired) electrons. The lowest BCUT2D eigenvalue weighted by Gasteiger charge is -2.42. The van der Waals surface area contributed by atoms with E-state index >= 15 is 0 Å². The van der Waals surface area contributed by atoms with E-state index < -0.39 is 36.4 Å². The van der Waals surface area contributed by atoms with Gasteiger partial charge in [-0.15, -0.1) is 0 Å². The highest BCUT2D eigenvalue weighted by atomic mass is 16.7. The minimum atomic E-state index is -1.47. The molecule has 1 saturated heterocycles. The van der Waals surface area contributed by atoms with E-state index in [1.54, 1.807) is 18.2 Å². The summed E-state index contributed by atoms with van der Waals surface area (Å²) in [6, 6.07) is 6.59. The van der Waals surface area contributed by atoms with Gasteiger partial charge in [-0.25, -0.2) is 0 Å². The largest absolute Gasteiger partial charge is 0.504 e. The fraction of sp³-hybridized carbons (Fsp3) is 0.538. The quantitative estimate of drug-likeness (QED) is 0.286. The Morgan fingerprint density at radius 3 is 2.32 bits per heavy atom. The number of aliphatic hydroxyl groups is 4. The molecule has 1 heterocycles. The van der Waals surface area contributed by atoms with Crippen molar-refractivity contribution in [2.75, 3.05) is 41.2 Å². The summed E-state index contributed by atoms with van der Waals surface area (Å²) < 4.78 is 27.6. The number of aromatic hydroxyl groups is 2. The molecule has 37 heavy (non-hydrogen) atoms. The van der Waals surface area contributed by atoms with Gasteiger partial charge in [0.15, 0.2) is 29.3 Å². The zero-order valence-electron chi connectivity index (χ0n) is 20.9. The highest BCUT2D eigenvalue weighted by molar-refractivity contribution is 5.62. The fourth-order valence-corrected chi connectivity index (χ4v) is 5.35. The molecular weight excluding hydrogens is 488 g/mol. The van der Waals surface area contributed by atoms with Gasteiger partial charge in [-0.3, -0.25) is 0 Å². The maximum absolute atomic E-state index is 10.9. The molecule has 11 heteroatoms. The van der Waals surface area contributed by atoms with Crippen LogP contribution in [0.4, 0.5) is 0 Å². The van der Waals surface area contributed by atoms with Crippen molar-refractivity contribution in [1.29, 1.82) is 0 Å². The van der Waals surface area contributed by atoms with Crippen molar-refractivity contribution in [3.8, 4) is 28.7 Å². The van der Waals surface area contributed by atoms with Crippen molar-refractivity contribution < 1.29 is 54.3 Å². The predicted octanol–water partition coefficient (Wildman–Crippen LogP) is 0.492. The van der Waals surface area contributed by atoms with Crippen LogP contribution in [-0.2, 0) is 15.9 Å². The summed E-state index contributed by atoms with van der Waals surface area (Å²) in [6.07, 6.45) is -4.92. The first-order valence-corrected chi connectivity index (χ1v) is 12.0. The van der Waals surface area contributed by atoms with Crippen molar-refractivity contribution >= 4 is 0 Å². The number of methoxy groups -OCH3 is 3. The minimum Gasteiger partial charge on any atom is -0.504 e. The summed E-state index contributed by atoms with van der Waals surface area (Å²) in [6.45, 7) is -0.418. The summed E-state index contributed by atoms with van der Waals surface area (Å²) in [4.78, 5) is 0. The molecule has 7 unspecified atom stereocenters. The Morgan fingerprint density at radius 1 is 0.946 bits per heavy atom. The maximum atomic E-state index is 10.9. The van der Waals surface area contributed by atoms with E-state index in [0.29, 0.717) is 17.5 Å². The lowest BCUT2D eigenvalue weighted by molar-refractivity contribution is -0.274. The average Bonchev–Trinajstić information content (AvgIpc) is 2.90. The van der Waals surface area contributed by atoms with Gasteiger partial charge in [0.05, 0.1) is 34.5 Å². The van der Waals surface area contributed by atoms with Gasteiger partial charge in [-0.1, -0.05) is 6.07 Å². The number of phenols is 2. The second-order valence-corrected chi connectivity index (χ2v) is 9.34. The summed E-state index contributed by atoms with van der Waals surface area (Å²) in [5.41, 5.74) is 2.16. The van der Waals surface area contributed by atoms with Gasteiger partial charge in [0.1, 0.15) is 18.3 Å². The summed E-state index contributed by atoms with van der Waals surface area (Å²) in [5.74, 6) is -0.811. The zero-order chi connectivity index (χ0) is 26.9. The topological polar surface area (TPSA) is 168 Å². The molecule has 1 aliphatic heterocycles. The standard InChI is InChI=1S/C26H34O11/c1-33-18-7-12(4-5-16(18)28)20-15(10-36-26-24(32)22(30)17(29)11-37-26)14(9-27)6-13-8-19(34-2)23(31)25(35-3)21(13)20/h4-5,7-8,14-15,17,20,22,24,26-32H,6,9-11H2,1-3H3. The first-order chi connectivity index (χ1) is 17.7. The summed E-state index contributed by atoms with van der Waals surface area (Å²) >= 11 is 0. The van der Waals surface area contributed by atoms with Gasteiger partial charge >= 0.3 is 0 Å². The van der Waals surface area contributed by atoms with Gasteiger partial charge in [0.2, 0.25) is 5.75 Å². The molecule has 7 atom stereocenters. The highest BCUT2D eigenvalue weighted by Gasteiger charge is 2.43. The van der Waals surface area contributed by atoms with Crippen LogP contribution in [0.3, 0.4) is 0 Å². The second kappa shape index (κ2) is 11.3. The summed E-state index contributed by atoms with van der Waals surface area (Å²) in [7, 11) is 4.31. The SMILES string of the molecule is COc1cc(C2c3c(cc(OC)c(O)c3OC)CC(CO)C2COC2OCC(O)C(O)C2O)ccc1O. The van der Waals surface area contributed by atoms with E-state index in [4.69, 9.17) is 23.7 Å². The third-order valence-electron chi connectivity index (χ3n) is 7.30. The Kier molecular flexibility index (Phi) is 8.32. The number of aliphatic hydroxyl groups excluding tert-OH is 4. The van der Waals surface area contributed by atoms with Gasteiger partial charge in [-0.05, 0) is 47.6 Å². The Balaban J connectivity index is 1.81. The maximum Gasteiger partial charge on any atom is 0.201 e. The Morgan fingerprint density at radius 2 is 1.68 bits per heavy atom. The smallest absolute Gasteiger partial charge is 0.201 e. The Bertz CT molecular complexity index is 1090. The molecule has 204 valence electrons. The zero-order valence-corrected chi connectivity index (χ0v) is 20.9. The van der Waals surface area contributed by atoms with Crippen LogP contribution in [0.25, 0.3) is 0 Å². The molecule has 0 amide bonds. The van der Waals surface area contributed by atoms with Crippen LogP contribution in [0.2, 0.25) is 0 Å². The van der Waals surface area contributed by atoms with E-state index in [0.717, 1.165) is 5.56 Å². The van der Waals surface area contributed by atoms with Gasteiger partial charge in [-0.2, -0.15) is 0 Å². The third-order valence-corrected chi connectivity index (χ3v) is 7.30. The van der Waals surface area contributed by atoms with E-state index in [9.17, 15) is 30.6 Å². The van der Waals surface area contributed by atoms with Gasteiger partial charge in [0.25, 0.3) is 0 Å². The van der Waals surface area contributed by atoms with Crippen LogP contribution in [0, 0.1) is 11.8 Å². The second-order valence-electron chi connectivity index (χ2n) is 9.34. The molecule has 2 aromatic rings. The third kappa shape index (κ3) is 5.02. The fourth-order valence-electron chi connectivity index (χ4n) is 5.35. The lowest BCUT2D eigenvalue weighted by Crippen LogP contribution is -2.54. The Hall–Kier alpha value is -2.80. The molecule has 6 N–H and O–H groups in total. The number of fused-ring (bicyclic) bond motifs is 1. The van der Waals surface area contributed by atoms with Crippen LogP contribution >= 0.6 is 0 Å². The van der Waals surface area contributed by atoms with E-state index in [2.05, 4.69) is 0 Å². The molecule has 2 aliphatic rings. The average molecular weight is 523 g/mol. The molecule has 0 saturated carbocycles. The summed E-state index contributed by atoms with van der Waals surface area (Å²) in [5, 5.41) is 61.6.